The summed E-state index contributed by atoms with van der Waals surface area (Å²) in [6.45, 7) is 3.65. The summed E-state index contributed by atoms with van der Waals surface area (Å²) < 4.78 is 39.9. The first-order valence-corrected chi connectivity index (χ1v) is 7.11. The molecule has 1 atom stereocenters. The van der Waals surface area contributed by atoms with Gasteiger partial charge in [-0.1, -0.05) is 25.5 Å². The highest BCUT2D eigenvalue weighted by atomic mass is 19.4. The molecule has 21 heavy (non-hydrogen) atoms. The SMILES string of the molecule is CCCC(CCO)CNCc1ccc(OC(F)(F)F)cc1. The van der Waals surface area contributed by atoms with Gasteiger partial charge in [-0.25, -0.2) is 0 Å². The molecule has 0 radical (unpaired) electrons. The molecule has 0 amide bonds. The molecule has 120 valence electrons. The number of benzene rings is 1. The molecule has 0 fully saturated rings. The van der Waals surface area contributed by atoms with E-state index in [9.17, 15) is 13.2 Å². The van der Waals surface area contributed by atoms with Crippen molar-refractivity contribution in [3.05, 3.63) is 29.8 Å². The molecule has 0 saturated heterocycles. The van der Waals surface area contributed by atoms with Crippen molar-refractivity contribution in [3.63, 3.8) is 0 Å². The Morgan fingerprint density at radius 2 is 1.86 bits per heavy atom. The molecule has 0 bridgehead atoms. The summed E-state index contributed by atoms with van der Waals surface area (Å²) in [6.07, 6.45) is -1.78. The van der Waals surface area contributed by atoms with Crippen LogP contribution >= 0.6 is 0 Å². The van der Waals surface area contributed by atoms with Crippen LogP contribution in [0.25, 0.3) is 0 Å². The molecule has 6 heteroatoms. The van der Waals surface area contributed by atoms with Crippen molar-refractivity contribution in [2.24, 2.45) is 5.92 Å². The molecular formula is C15H22F3NO2. The van der Waals surface area contributed by atoms with Gasteiger partial charge >= 0.3 is 6.36 Å². The van der Waals surface area contributed by atoms with Crippen molar-refractivity contribution in [1.82, 2.24) is 5.32 Å². The lowest BCUT2D eigenvalue weighted by Crippen LogP contribution is -2.23. The number of nitrogens with one attached hydrogen (secondary N) is 1. The van der Waals surface area contributed by atoms with Gasteiger partial charge in [-0.2, -0.15) is 0 Å². The largest absolute Gasteiger partial charge is 0.573 e. The van der Waals surface area contributed by atoms with E-state index in [2.05, 4.69) is 17.0 Å². The normalized spacial score (nSPS) is 13.2. The van der Waals surface area contributed by atoms with E-state index < -0.39 is 6.36 Å². The monoisotopic (exact) mass is 305 g/mol. The molecular weight excluding hydrogens is 283 g/mol. The van der Waals surface area contributed by atoms with Gasteiger partial charge in [0.25, 0.3) is 0 Å². The molecule has 0 heterocycles. The lowest BCUT2D eigenvalue weighted by atomic mass is 10.0. The van der Waals surface area contributed by atoms with Crippen molar-refractivity contribution < 1.29 is 23.0 Å². The average Bonchev–Trinajstić information content (AvgIpc) is 2.39. The Balaban J connectivity index is 2.38. The Bertz CT molecular complexity index is 387. The maximum absolute atomic E-state index is 12.0. The number of hydrogen-bond acceptors (Lipinski definition) is 3. The summed E-state index contributed by atoms with van der Waals surface area (Å²) >= 11 is 0. The van der Waals surface area contributed by atoms with E-state index in [0.29, 0.717) is 12.5 Å². The minimum Gasteiger partial charge on any atom is -0.406 e. The van der Waals surface area contributed by atoms with Gasteiger partial charge in [0, 0.05) is 13.2 Å². The lowest BCUT2D eigenvalue weighted by molar-refractivity contribution is -0.274. The van der Waals surface area contributed by atoms with Crippen LogP contribution in [0.2, 0.25) is 0 Å². The summed E-state index contributed by atoms with van der Waals surface area (Å²) in [5.41, 5.74) is 0.892. The Morgan fingerprint density at radius 1 is 1.19 bits per heavy atom. The molecule has 1 aromatic rings. The van der Waals surface area contributed by atoms with E-state index in [4.69, 9.17) is 5.11 Å². The van der Waals surface area contributed by atoms with Gasteiger partial charge in [0.2, 0.25) is 0 Å². The van der Waals surface area contributed by atoms with E-state index in [1.54, 1.807) is 12.1 Å². The topological polar surface area (TPSA) is 41.5 Å². The Labute approximate surface area is 123 Å². The van der Waals surface area contributed by atoms with Crippen LogP contribution in [0.15, 0.2) is 24.3 Å². The van der Waals surface area contributed by atoms with E-state index in [0.717, 1.165) is 31.4 Å². The highest BCUT2D eigenvalue weighted by molar-refractivity contribution is 5.27. The predicted octanol–water partition coefficient (Wildman–Crippen LogP) is 3.47. The minimum atomic E-state index is -4.66. The fourth-order valence-corrected chi connectivity index (χ4v) is 2.17. The Kier molecular flexibility index (Phi) is 7.53. The van der Waals surface area contributed by atoms with Gasteiger partial charge in [-0.3, -0.25) is 0 Å². The van der Waals surface area contributed by atoms with E-state index in [1.807, 2.05) is 0 Å². The molecule has 2 N–H and O–H groups in total. The van der Waals surface area contributed by atoms with Gasteiger partial charge in [0.1, 0.15) is 5.75 Å². The van der Waals surface area contributed by atoms with Crippen molar-refractivity contribution >= 4 is 0 Å². The van der Waals surface area contributed by atoms with Crippen LogP contribution in [-0.4, -0.2) is 24.6 Å². The number of rotatable bonds is 9. The summed E-state index contributed by atoms with van der Waals surface area (Å²) in [5.74, 6) is 0.211. The van der Waals surface area contributed by atoms with Gasteiger partial charge in [-0.05, 0) is 43.0 Å². The smallest absolute Gasteiger partial charge is 0.406 e. The molecule has 1 unspecified atom stereocenters. The van der Waals surface area contributed by atoms with Crippen molar-refractivity contribution in [2.75, 3.05) is 13.2 Å². The zero-order chi connectivity index (χ0) is 15.7. The predicted molar refractivity (Wildman–Crippen MR) is 74.9 cm³/mol. The number of aliphatic hydroxyl groups excluding tert-OH is 1. The third-order valence-electron chi connectivity index (χ3n) is 3.15. The van der Waals surface area contributed by atoms with Crippen LogP contribution in [-0.2, 0) is 6.54 Å². The highest BCUT2D eigenvalue weighted by Crippen LogP contribution is 2.22. The maximum atomic E-state index is 12.0. The van der Waals surface area contributed by atoms with Crippen LogP contribution in [0.4, 0.5) is 13.2 Å². The standard InChI is InChI=1S/C15H22F3NO2/c1-2-3-12(8-9-20)10-19-11-13-4-6-14(7-5-13)21-15(16,17)18/h4-7,12,19-20H,2-3,8-11H2,1H3. The first-order valence-electron chi connectivity index (χ1n) is 7.11. The van der Waals surface area contributed by atoms with Crippen LogP contribution in [0.1, 0.15) is 31.7 Å². The summed E-state index contributed by atoms with van der Waals surface area (Å²) in [7, 11) is 0. The second-order valence-electron chi connectivity index (χ2n) is 4.99. The lowest BCUT2D eigenvalue weighted by Gasteiger charge is -2.16. The van der Waals surface area contributed by atoms with Gasteiger partial charge in [0.15, 0.2) is 0 Å². The van der Waals surface area contributed by atoms with Crippen molar-refractivity contribution in [3.8, 4) is 5.75 Å². The second-order valence-corrected chi connectivity index (χ2v) is 4.99. The third kappa shape index (κ3) is 7.92. The molecule has 0 spiro atoms. The Morgan fingerprint density at radius 3 is 2.38 bits per heavy atom. The molecule has 1 aromatic carbocycles. The summed E-state index contributed by atoms with van der Waals surface area (Å²) in [6, 6.07) is 5.83. The van der Waals surface area contributed by atoms with Crippen LogP contribution in [0.5, 0.6) is 5.75 Å². The van der Waals surface area contributed by atoms with Gasteiger partial charge in [-0.15, -0.1) is 13.2 Å². The van der Waals surface area contributed by atoms with Gasteiger partial charge < -0.3 is 15.2 Å². The molecule has 0 aliphatic carbocycles. The van der Waals surface area contributed by atoms with Crippen LogP contribution in [0, 0.1) is 5.92 Å². The first-order chi connectivity index (χ1) is 9.94. The maximum Gasteiger partial charge on any atom is 0.573 e. The third-order valence-corrected chi connectivity index (χ3v) is 3.15. The molecule has 0 aliphatic heterocycles. The molecule has 0 aliphatic rings. The quantitative estimate of drug-likeness (QED) is 0.734. The number of alkyl halides is 3. The zero-order valence-electron chi connectivity index (χ0n) is 12.1. The molecule has 0 saturated carbocycles. The van der Waals surface area contributed by atoms with Crippen molar-refractivity contribution in [1.29, 1.82) is 0 Å². The fourth-order valence-electron chi connectivity index (χ4n) is 2.17. The van der Waals surface area contributed by atoms with Crippen molar-refractivity contribution in [2.45, 2.75) is 39.1 Å². The summed E-state index contributed by atoms with van der Waals surface area (Å²) in [5, 5.41) is 12.2. The number of halogens is 3. The zero-order valence-corrected chi connectivity index (χ0v) is 12.1. The van der Waals surface area contributed by atoms with Crippen LogP contribution in [0.3, 0.4) is 0 Å². The van der Waals surface area contributed by atoms with E-state index in [-0.39, 0.29) is 12.4 Å². The molecule has 3 nitrogen and oxygen atoms in total. The second kappa shape index (κ2) is 8.89. The highest BCUT2D eigenvalue weighted by Gasteiger charge is 2.30. The number of aliphatic hydroxyl groups is 1. The van der Waals surface area contributed by atoms with E-state index in [1.165, 1.54) is 12.1 Å². The molecule has 1 rings (SSSR count). The van der Waals surface area contributed by atoms with Crippen LogP contribution < -0.4 is 10.1 Å². The number of ether oxygens (including phenoxy) is 1. The average molecular weight is 305 g/mol. The Hall–Kier alpha value is -1.27. The fraction of sp³-hybridized carbons (Fsp3) is 0.600. The summed E-state index contributed by atoms with van der Waals surface area (Å²) in [4.78, 5) is 0. The molecule has 0 aromatic heterocycles. The van der Waals surface area contributed by atoms with Gasteiger partial charge in [0.05, 0.1) is 0 Å². The minimum absolute atomic E-state index is 0.176. The number of hydrogen-bond donors (Lipinski definition) is 2. The van der Waals surface area contributed by atoms with E-state index >= 15 is 0 Å². The first kappa shape index (κ1) is 17.8.